The number of ether oxygens (including phenoxy) is 3. The predicted molar refractivity (Wildman–Crippen MR) is 69.5 cm³/mol. The van der Waals surface area contributed by atoms with Crippen molar-refractivity contribution in [2.75, 3.05) is 13.7 Å². The molecule has 0 aliphatic heterocycles. The van der Waals surface area contributed by atoms with E-state index >= 15 is 0 Å². The molecule has 0 saturated heterocycles. The Morgan fingerprint density at radius 3 is 2.79 bits per heavy atom. The maximum absolute atomic E-state index is 11.7. The molecule has 0 atom stereocenters. The van der Waals surface area contributed by atoms with Crippen LogP contribution in [0, 0.1) is 11.8 Å². The van der Waals surface area contributed by atoms with Gasteiger partial charge >= 0.3 is 5.97 Å². The minimum absolute atomic E-state index is 0.0316. The summed E-state index contributed by atoms with van der Waals surface area (Å²) < 4.78 is 16.0. The normalized spacial score (nSPS) is 14.3. The summed E-state index contributed by atoms with van der Waals surface area (Å²) in [6.45, 7) is 4.60. The molecule has 1 aliphatic rings. The Morgan fingerprint density at radius 1 is 1.47 bits per heavy atom. The molecule has 0 radical (unpaired) electrons. The fourth-order valence-corrected chi connectivity index (χ4v) is 1.46. The molecular weight excluding hydrogens is 246 g/mol. The quantitative estimate of drug-likeness (QED) is 0.739. The van der Waals surface area contributed by atoms with Gasteiger partial charge in [-0.3, -0.25) is 4.79 Å². The van der Waals surface area contributed by atoms with E-state index < -0.39 is 0 Å². The van der Waals surface area contributed by atoms with Gasteiger partial charge in [0.1, 0.15) is 5.75 Å². The second-order valence-electron chi connectivity index (χ2n) is 5.08. The molecule has 5 nitrogen and oxygen atoms in total. The van der Waals surface area contributed by atoms with Crippen LogP contribution >= 0.6 is 0 Å². The average molecular weight is 265 g/mol. The molecule has 0 bridgehead atoms. The maximum atomic E-state index is 11.7. The highest BCUT2D eigenvalue weighted by molar-refractivity contribution is 5.78. The summed E-state index contributed by atoms with van der Waals surface area (Å²) in [6.07, 6.45) is 3.35. The Labute approximate surface area is 112 Å². The highest BCUT2D eigenvalue weighted by Gasteiger charge is 2.32. The second kappa shape index (κ2) is 5.91. The van der Waals surface area contributed by atoms with Crippen molar-refractivity contribution in [1.29, 1.82) is 0 Å². The van der Waals surface area contributed by atoms with Crippen LogP contribution in [0.5, 0.6) is 17.4 Å². The molecule has 1 aliphatic carbocycles. The molecule has 5 heteroatoms. The summed E-state index contributed by atoms with van der Waals surface area (Å²) in [7, 11) is 1.54. The summed E-state index contributed by atoms with van der Waals surface area (Å²) in [4.78, 5) is 15.8. The zero-order valence-electron chi connectivity index (χ0n) is 11.5. The smallest absolute Gasteiger partial charge is 0.314 e. The van der Waals surface area contributed by atoms with Crippen molar-refractivity contribution < 1.29 is 19.0 Å². The molecule has 0 N–H and O–H groups in total. The number of hydrogen-bond donors (Lipinski definition) is 0. The fraction of sp³-hybridized carbons (Fsp3) is 0.571. The van der Waals surface area contributed by atoms with Crippen LogP contribution < -0.4 is 14.2 Å². The zero-order chi connectivity index (χ0) is 13.8. The molecule has 2 rings (SSSR count). The van der Waals surface area contributed by atoms with Gasteiger partial charge in [-0.25, -0.2) is 4.98 Å². The second-order valence-corrected chi connectivity index (χ2v) is 5.08. The Balaban J connectivity index is 2.12. The van der Waals surface area contributed by atoms with E-state index in [1.807, 2.05) is 13.8 Å². The highest BCUT2D eigenvalue weighted by Crippen LogP contribution is 2.34. The Kier molecular flexibility index (Phi) is 4.24. The van der Waals surface area contributed by atoms with Crippen LogP contribution in [0.15, 0.2) is 12.3 Å². The molecule has 0 aromatic carbocycles. The van der Waals surface area contributed by atoms with E-state index in [1.54, 1.807) is 12.3 Å². The number of aromatic nitrogens is 1. The number of nitrogens with zero attached hydrogens (tertiary/aromatic N) is 1. The van der Waals surface area contributed by atoms with Crippen LogP contribution in [0.1, 0.15) is 26.7 Å². The first kappa shape index (κ1) is 13.6. The van der Waals surface area contributed by atoms with E-state index in [9.17, 15) is 4.79 Å². The topological polar surface area (TPSA) is 57.6 Å². The first-order chi connectivity index (χ1) is 9.10. The van der Waals surface area contributed by atoms with Crippen molar-refractivity contribution in [2.45, 2.75) is 26.7 Å². The number of carbonyl (C=O) groups is 1. The van der Waals surface area contributed by atoms with E-state index in [0.717, 1.165) is 12.8 Å². The lowest BCUT2D eigenvalue weighted by Gasteiger charge is -2.12. The lowest BCUT2D eigenvalue weighted by molar-refractivity contribution is -0.135. The first-order valence-electron chi connectivity index (χ1n) is 6.48. The SMILES string of the molecule is COc1cnc(OCC(C)C)c(OC(=O)C2CC2)c1. The number of methoxy groups -OCH3 is 1. The summed E-state index contributed by atoms with van der Waals surface area (Å²) in [5, 5.41) is 0. The van der Waals surface area contributed by atoms with Gasteiger partial charge in [-0.05, 0) is 18.8 Å². The van der Waals surface area contributed by atoms with Gasteiger partial charge in [0.15, 0.2) is 5.75 Å². The van der Waals surface area contributed by atoms with Crippen molar-refractivity contribution in [2.24, 2.45) is 11.8 Å². The fourth-order valence-electron chi connectivity index (χ4n) is 1.46. The molecule has 1 saturated carbocycles. The van der Waals surface area contributed by atoms with Gasteiger partial charge in [-0.2, -0.15) is 0 Å². The number of esters is 1. The molecule has 19 heavy (non-hydrogen) atoms. The van der Waals surface area contributed by atoms with Crippen LogP contribution in [-0.4, -0.2) is 24.7 Å². The van der Waals surface area contributed by atoms with Gasteiger partial charge in [0.2, 0.25) is 0 Å². The van der Waals surface area contributed by atoms with Gasteiger partial charge in [0, 0.05) is 6.07 Å². The minimum Gasteiger partial charge on any atom is -0.495 e. The Morgan fingerprint density at radius 2 is 2.21 bits per heavy atom. The number of rotatable bonds is 6. The number of pyridine rings is 1. The third-order valence-corrected chi connectivity index (χ3v) is 2.70. The molecule has 1 fully saturated rings. The van der Waals surface area contributed by atoms with Crippen LogP contribution in [0.3, 0.4) is 0 Å². The van der Waals surface area contributed by atoms with Crippen molar-refractivity contribution in [3.05, 3.63) is 12.3 Å². The van der Waals surface area contributed by atoms with Crippen LogP contribution in [0.4, 0.5) is 0 Å². The van der Waals surface area contributed by atoms with E-state index in [0.29, 0.717) is 29.9 Å². The third-order valence-electron chi connectivity index (χ3n) is 2.70. The molecule has 1 aromatic rings. The van der Waals surface area contributed by atoms with Crippen molar-refractivity contribution in [1.82, 2.24) is 4.98 Å². The van der Waals surface area contributed by atoms with E-state index in [-0.39, 0.29) is 11.9 Å². The Hall–Kier alpha value is -1.78. The summed E-state index contributed by atoms with van der Waals surface area (Å²) in [6, 6.07) is 1.63. The third kappa shape index (κ3) is 3.84. The molecule has 1 heterocycles. The van der Waals surface area contributed by atoms with Crippen LogP contribution in [0.25, 0.3) is 0 Å². The van der Waals surface area contributed by atoms with Gasteiger partial charge in [-0.15, -0.1) is 0 Å². The van der Waals surface area contributed by atoms with Crippen molar-refractivity contribution in [3.63, 3.8) is 0 Å². The summed E-state index contributed by atoms with van der Waals surface area (Å²) in [5.74, 6) is 1.39. The van der Waals surface area contributed by atoms with E-state index in [4.69, 9.17) is 14.2 Å². The van der Waals surface area contributed by atoms with Crippen molar-refractivity contribution >= 4 is 5.97 Å². The largest absolute Gasteiger partial charge is 0.495 e. The van der Waals surface area contributed by atoms with Crippen LogP contribution in [-0.2, 0) is 4.79 Å². The monoisotopic (exact) mass is 265 g/mol. The first-order valence-corrected chi connectivity index (χ1v) is 6.48. The van der Waals surface area contributed by atoms with E-state index in [1.165, 1.54) is 7.11 Å². The maximum Gasteiger partial charge on any atom is 0.314 e. The van der Waals surface area contributed by atoms with E-state index in [2.05, 4.69) is 4.98 Å². The van der Waals surface area contributed by atoms with Gasteiger partial charge in [0.25, 0.3) is 5.88 Å². The minimum atomic E-state index is -0.218. The van der Waals surface area contributed by atoms with Gasteiger partial charge in [-0.1, -0.05) is 13.8 Å². The molecular formula is C14H19NO4. The van der Waals surface area contributed by atoms with Crippen molar-refractivity contribution in [3.8, 4) is 17.4 Å². The Bertz CT molecular complexity index is 455. The lowest BCUT2D eigenvalue weighted by atomic mass is 10.2. The van der Waals surface area contributed by atoms with Crippen LogP contribution in [0.2, 0.25) is 0 Å². The summed E-state index contributed by atoms with van der Waals surface area (Å²) in [5.41, 5.74) is 0. The molecule has 0 amide bonds. The highest BCUT2D eigenvalue weighted by atomic mass is 16.6. The number of carbonyl (C=O) groups excluding carboxylic acids is 1. The molecule has 0 spiro atoms. The summed E-state index contributed by atoms with van der Waals surface area (Å²) >= 11 is 0. The molecule has 1 aromatic heterocycles. The molecule has 104 valence electrons. The predicted octanol–water partition coefficient (Wildman–Crippen LogP) is 2.44. The zero-order valence-corrected chi connectivity index (χ0v) is 11.5. The van der Waals surface area contributed by atoms with Gasteiger partial charge in [0.05, 0.1) is 25.8 Å². The standard InChI is InChI=1S/C14H19NO4/c1-9(2)8-18-13-12(6-11(17-3)7-15-13)19-14(16)10-4-5-10/h6-7,9-10H,4-5,8H2,1-3H3. The van der Waals surface area contributed by atoms with Gasteiger partial charge < -0.3 is 14.2 Å². The average Bonchev–Trinajstić information content (AvgIpc) is 3.21. The lowest BCUT2D eigenvalue weighted by Crippen LogP contribution is -2.13. The number of hydrogen-bond acceptors (Lipinski definition) is 5. The molecule has 0 unspecified atom stereocenters.